The molecule has 1 heterocycles. The van der Waals surface area contributed by atoms with Gasteiger partial charge in [0, 0.05) is 22.9 Å². The topological polar surface area (TPSA) is 70.9 Å². The largest absolute Gasteiger partial charge is 0.397 e. The van der Waals surface area contributed by atoms with E-state index in [0.717, 1.165) is 10.0 Å². The molecule has 0 saturated heterocycles. The summed E-state index contributed by atoms with van der Waals surface area (Å²) in [6.07, 6.45) is 1.59. The van der Waals surface area contributed by atoms with Crippen molar-refractivity contribution in [2.75, 3.05) is 5.73 Å². The summed E-state index contributed by atoms with van der Waals surface area (Å²) in [5.74, 6) is -0.169. The van der Waals surface area contributed by atoms with E-state index in [-0.39, 0.29) is 5.91 Å². The van der Waals surface area contributed by atoms with Crippen molar-refractivity contribution < 1.29 is 4.79 Å². The van der Waals surface area contributed by atoms with E-state index in [1.807, 2.05) is 24.3 Å². The molecule has 0 bridgehead atoms. The van der Waals surface area contributed by atoms with Gasteiger partial charge in [0.05, 0.1) is 0 Å². The Morgan fingerprint density at radius 2 is 2.18 bits per heavy atom. The van der Waals surface area contributed by atoms with Crippen LogP contribution in [0, 0.1) is 0 Å². The SMILES string of the molecule is Nc1c[nH]c(C(=O)NCc2ccccc2Br)c1. The smallest absolute Gasteiger partial charge is 0.268 e. The zero-order valence-electron chi connectivity index (χ0n) is 9.03. The number of nitrogen functional groups attached to an aromatic ring is 1. The number of hydrogen-bond donors (Lipinski definition) is 3. The minimum Gasteiger partial charge on any atom is -0.397 e. The second kappa shape index (κ2) is 5.05. The summed E-state index contributed by atoms with van der Waals surface area (Å²) in [6, 6.07) is 9.36. The van der Waals surface area contributed by atoms with Crippen LogP contribution in [0.15, 0.2) is 41.0 Å². The number of aromatic amines is 1. The van der Waals surface area contributed by atoms with Gasteiger partial charge in [0.15, 0.2) is 0 Å². The maximum absolute atomic E-state index is 11.7. The highest BCUT2D eigenvalue weighted by molar-refractivity contribution is 9.10. The number of hydrogen-bond acceptors (Lipinski definition) is 2. The molecule has 1 aromatic carbocycles. The molecular weight excluding hydrogens is 282 g/mol. The summed E-state index contributed by atoms with van der Waals surface area (Å²) >= 11 is 3.43. The molecule has 88 valence electrons. The minimum absolute atomic E-state index is 0.169. The number of H-pyrrole nitrogens is 1. The Morgan fingerprint density at radius 1 is 1.41 bits per heavy atom. The molecule has 0 unspecified atom stereocenters. The van der Waals surface area contributed by atoms with Crippen molar-refractivity contribution in [1.82, 2.24) is 10.3 Å². The second-order valence-electron chi connectivity index (χ2n) is 3.62. The van der Waals surface area contributed by atoms with Gasteiger partial charge >= 0.3 is 0 Å². The molecule has 1 amide bonds. The van der Waals surface area contributed by atoms with Gasteiger partial charge in [-0.3, -0.25) is 4.79 Å². The molecule has 0 aliphatic heterocycles. The standard InChI is InChI=1S/C12H12BrN3O/c13-10-4-2-1-3-8(10)6-16-12(17)11-5-9(14)7-15-11/h1-5,7,15H,6,14H2,(H,16,17). The van der Waals surface area contributed by atoms with Crippen LogP contribution in [0.2, 0.25) is 0 Å². The predicted molar refractivity (Wildman–Crippen MR) is 70.5 cm³/mol. The third-order valence-electron chi connectivity index (χ3n) is 2.35. The monoisotopic (exact) mass is 293 g/mol. The second-order valence-corrected chi connectivity index (χ2v) is 4.48. The molecule has 0 aliphatic carbocycles. The molecular formula is C12H12BrN3O. The maximum atomic E-state index is 11.7. The molecule has 5 heteroatoms. The first kappa shape index (κ1) is 11.7. The van der Waals surface area contributed by atoms with Gasteiger partial charge in [-0.05, 0) is 17.7 Å². The fourth-order valence-corrected chi connectivity index (χ4v) is 1.88. The van der Waals surface area contributed by atoms with Crippen LogP contribution < -0.4 is 11.1 Å². The van der Waals surface area contributed by atoms with Gasteiger partial charge in [0.2, 0.25) is 0 Å². The van der Waals surface area contributed by atoms with Gasteiger partial charge in [-0.2, -0.15) is 0 Å². The lowest BCUT2D eigenvalue weighted by atomic mass is 10.2. The Kier molecular flexibility index (Phi) is 3.49. The summed E-state index contributed by atoms with van der Waals surface area (Å²) in [6.45, 7) is 0.471. The number of halogens is 1. The zero-order valence-corrected chi connectivity index (χ0v) is 10.6. The van der Waals surface area contributed by atoms with E-state index in [4.69, 9.17) is 5.73 Å². The van der Waals surface area contributed by atoms with E-state index >= 15 is 0 Å². The van der Waals surface area contributed by atoms with E-state index in [1.54, 1.807) is 12.3 Å². The molecule has 0 aliphatic rings. The van der Waals surface area contributed by atoms with Gasteiger partial charge in [0.1, 0.15) is 5.69 Å². The van der Waals surface area contributed by atoms with E-state index in [9.17, 15) is 4.79 Å². The minimum atomic E-state index is -0.169. The van der Waals surface area contributed by atoms with Crippen molar-refractivity contribution in [2.45, 2.75) is 6.54 Å². The first-order chi connectivity index (χ1) is 8.16. The first-order valence-corrected chi connectivity index (χ1v) is 5.91. The molecule has 2 aromatic rings. The van der Waals surface area contributed by atoms with Gasteiger partial charge in [-0.1, -0.05) is 34.1 Å². The zero-order chi connectivity index (χ0) is 12.3. The third kappa shape index (κ3) is 2.88. The van der Waals surface area contributed by atoms with Gasteiger partial charge < -0.3 is 16.0 Å². The number of aromatic nitrogens is 1. The van der Waals surface area contributed by atoms with E-state index in [0.29, 0.717) is 17.9 Å². The van der Waals surface area contributed by atoms with Crippen molar-refractivity contribution in [2.24, 2.45) is 0 Å². The summed E-state index contributed by atoms with van der Waals surface area (Å²) in [7, 11) is 0. The number of anilines is 1. The molecule has 0 radical (unpaired) electrons. The van der Waals surface area contributed by atoms with Gasteiger partial charge in [-0.25, -0.2) is 0 Å². The Morgan fingerprint density at radius 3 is 2.82 bits per heavy atom. The maximum Gasteiger partial charge on any atom is 0.268 e. The van der Waals surface area contributed by atoms with Crippen molar-refractivity contribution in [3.63, 3.8) is 0 Å². The van der Waals surface area contributed by atoms with Gasteiger partial charge in [-0.15, -0.1) is 0 Å². The molecule has 1 aromatic heterocycles. The lowest BCUT2D eigenvalue weighted by molar-refractivity contribution is 0.0946. The molecule has 17 heavy (non-hydrogen) atoms. The van der Waals surface area contributed by atoms with E-state index in [2.05, 4.69) is 26.2 Å². The normalized spacial score (nSPS) is 10.2. The molecule has 2 rings (SSSR count). The van der Waals surface area contributed by atoms with Crippen LogP contribution in [0.1, 0.15) is 16.1 Å². The number of nitrogens with one attached hydrogen (secondary N) is 2. The molecule has 4 nitrogen and oxygen atoms in total. The number of rotatable bonds is 3. The lowest BCUT2D eigenvalue weighted by Crippen LogP contribution is -2.23. The van der Waals surface area contributed by atoms with Crippen LogP contribution in [0.3, 0.4) is 0 Å². The summed E-state index contributed by atoms with van der Waals surface area (Å²) in [4.78, 5) is 14.5. The van der Waals surface area contributed by atoms with Crippen LogP contribution in [0.25, 0.3) is 0 Å². The molecule has 0 atom stereocenters. The van der Waals surface area contributed by atoms with Crippen molar-refractivity contribution in [1.29, 1.82) is 0 Å². The van der Waals surface area contributed by atoms with Gasteiger partial charge in [0.25, 0.3) is 5.91 Å². The number of carbonyl (C=O) groups excluding carboxylic acids is 1. The first-order valence-electron chi connectivity index (χ1n) is 5.12. The molecule has 0 saturated carbocycles. The number of nitrogens with two attached hydrogens (primary N) is 1. The van der Waals surface area contributed by atoms with Crippen molar-refractivity contribution in [3.8, 4) is 0 Å². The van der Waals surface area contributed by atoms with Crippen molar-refractivity contribution >= 4 is 27.5 Å². The average molecular weight is 294 g/mol. The fraction of sp³-hybridized carbons (Fsp3) is 0.0833. The van der Waals surface area contributed by atoms with Crippen LogP contribution in [-0.2, 0) is 6.54 Å². The third-order valence-corrected chi connectivity index (χ3v) is 3.12. The van der Waals surface area contributed by atoms with E-state index in [1.165, 1.54) is 0 Å². The van der Waals surface area contributed by atoms with Crippen molar-refractivity contribution in [3.05, 3.63) is 52.3 Å². The summed E-state index contributed by atoms with van der Waals surface area (Å²) in [5, 5.41) is 2.81. The Hall–Kier alpha value is -1.75. The quantitative estimate of drug-likeness (QED) is 0.812. The van der Waals surface area contributed by atoms with Crippen LogP contribution in [0.4, 0.5) is 5.69 Å². The van der Waals surface area contributed by atoms with Crippen LogP contribution >= 0.6 is 15.9 Å². The summed E-state index contributed by atoms with van der Waals surface area (Å²) in [5.41, 5.74) is 7.58. The number of benzene rings is 1. The average Bonchev–Trinajstić information content (AvgIpc) is 2.74. The highest BCUT2D eigenvalue weighted by Gasteiger charge is 2.07. The Balaban J connectivity index is 1.99. The van der Waals surface area contributed by atoms with E-state index < -0.39 is 0 Å². The fourth-order valence-electron chi connectivity index (χ4n) is 1.45. The van der Waals surface area contributed by atoms with Crippen LogP contribution in [-0.4, -0.2) is 10.9 Å². The number of carbonyl (C=O) groups is 1. The molecule has 0 fully saturated rings. The molecule has 0 spiro atoms. The Labute approximate surface area is 107 Å². The highest BCUT2D eigenvalue weighted by atomic mass is 79.9. The summed E-state index contributed by atoms with van der Waals surface area (Å²) < 4.78 is 0.978. The predicted octanol–water partition coefficient (Wildman–Crippen LogP) is 2.29. The molecule has 4 N–H and O–H groups in total. The van der Waals surface area contributed by atoms with Crippen LogP contribution in [0.5, 0.6) is 0 Å². The lowest BCUT2D eigenvalue weighted by Gasteiger charge is -2.05. The highest BCUT2D eigenvalue weighted by Crippen LogP contribution is 2.15. The Bertz CT molecular complexity index is 536. The number of amides is 1.